The molecule has 1 aliphatic rings. The molecule has 0 unspecified atom stereocenters. The van der Waals surface area contributed by atoms with E-state index in [2.05, 4.69) is 0 Å². The van der Waals surface area contributed by atoms with Crippen LogP contribution in [0.3, 0.4) is 0 Å². The summed E-state index contributed by atoms with van der Waals surface area (Å²) in [5, 5.41) is 20.4. The fourth-order valence-electron chi connectivity index (χ4n) is 2.11. The Morgan fingerprint density at radius 3 is 2.74 bits per heavy atom. The van der Waals surface area contributed by atoms with Crippen molar-refractivity contribution in [2.75, 3.05) is 11.4 Å². The van der Waals surface area contributed by atoms with Gasteiger partial charge in [-0.05, 0) is 31.9 Å². The molecule has 0 saturated heterocycles. The minimum atomic E-state index is -0.843. The van der Waals surface area contributed by atoms with Crippen molar-refractivity contribution in [2.24, 2.45) is 0 Å². The molecule has 6 nitrogen and oxygen atoms in total. The fourth-order valence-corrected chi connectivity index (χ4v) is 2.11. The van der Waals surface area contributed by atoms with E-state index in [4.69, 9.17) is 0 Å². The number of nitro benzene ring substituents is 1. The van der Waals surface area contributed by atoms with Crippen LogP contribution in [-0.2, 0) is 11.2 Å². The Bertz CT molecular complexity index is 534. The average Bonchev–Trinajstić information content (AvgIpc) is 2.59. The summed E-state index contributed by atoms with van der Waals surface area (Å²) in [5.74, 6) is -0.0836. The number of benzene rings is 1. The second kappa shape index (κ2) is 4.62. The second-order valence-electron chi connectivity index (χ2n) is 5.35. The Labute approximate surface area is 110 Å². The molecule has 19 heavy (non-hydrogen) atoms. The molecule has 6 heteroatoms. The van der Waals surface area contributed by atoms with Crippen molar-refractivity contribution in [3.05, 3.63) is 33.9 Å². The standard InChI is InChI=1S/C13H16N2O4/c1-13(2,17)5-6-14-11-4-3-10(15(18)19)7-9(11)8-12(14)16/h3-4,7,17H,5-6,8H2,1-2H3. The minimum Gasteiger partial charge on any atom is -0.390 e. The Morgan fingerprint density at radius 1 is 1.47 bits per heavy atom. The lowest BCUT2D eigenvalue weighted by atomic mass is 10.1. The largest absolute Gasteiger partial charge is 0.390 e. The van der Waals surface area contributed by atoms with E-state index in [9.17, 15) is 20.0 Å². The first-order chi connectivity index (χ1) is 8.78. The minimum absolute atomic E-state index is 0.00381. The molecular weight excluding hydrogens is 248 g/mol. The quantitative estimate of drug-likeness (QED) is 0.662. The lowest BCUT2D eigenvalue weighted by Crippen LogP contribution is -2.33. The lowest BCUT2D eigenvalue weighted by molar-refractivity contribution is -0.384. The summed E-state index contributed by atoms with van der Waals surface area (Å²) in [6, 6.07) is 4.44. The maximum Gasteiger partial charge on any atom is 0.269 e. The molecule has 0 spiro atoms. The molecule has 0 atom stereocenters. The van der Waals surface area contributed by atoms with Crippen LogP contribution in [0, 0.1) is 10.1 Å². The summed E-state index contributed by atoms with van der Waals surface area (Å²) in [6.45, 7) is 3.78. The highest BCUT2D eigenvalue weighted by Gasteiger charge is 2.29. The maximum absolute atomic E-state index is 11.9. The van der Waals surface area contributed by atoms with Crippen LogP contribution < -0.4 is 4.90 Å². The summed E-state index contributed by atoms with van der Waals surface area (Å²) < 4.78 is 0. The number of fused-ring (bicyclic) bond motifs is 1. The smallest absolute Gasteiger partial charge is 0.269 e. The first-order valence-electron chi connectivity index (χ1n) is 6.08. The fraction of sp³-hybridized carbons (Fsp3) is 0.462. The van der Waals surface area contributed by atoms with Gasteiger partial charge in [-0.1, -0.05) is 0 Å². The number of anilines is 1. The molecule has 0 fully saturated rings. The third-order valence-electron chi connectivity index (χ3n) is 3.15. The molecule has 0 aromatic heterocycles. The average molecular weight is 264 g/mol. The van der Waals surface area contributed by atoms with Gasteiger partial charge in [0.1, 0.15) is 0 Å². The van der Waals surface area contributed by atoms with E-state index >= 15 is 0 Å². The van der Waals surface area contributed by atoms with E-state index in [1.807, 2.05) is 0 Å². The molecule has 102 valence electrons. The van der Waals surface area contributed by atoms with Gasteiger partial charge in [0.05, 0.1) is 16.9 Å². The van der Waals surface area contributed by atoms with Crippen LogP contribution in [0.5, 0.6) is 0 Å². The SMILES string of the molecule is CC(C)(O)CCN1C(=O)Cc2cc([N+](=O)[O-])ccc21. The Morgan fingerprint density at radius 2 is 2.16 bits per heavy atom. The number of carbonyl (C=O) groups excluding carboxylic acids is 1. The number of amides is 1. The third kappa shape index (κ3) is 2.90. The van der Waals surface area contributed by atoms with Gasteiger partial charge < -0.3 is 10.0 Å². The molecule has 1 aromatic carbocycles. The van der Waals surface area contributed by atoms with Gasteiger partial charge in [-0.2, -0.15) is 0 Å². The van der Waals surface area contributed by atoms with Gasteiger partial charge in [0.25, 0.3) is 5.69 Å². The van der Waals surface area contributed by atoms with Crippen LogP contribution in [0.25, 0.3) is 0 Å². The van der Waals surface area contributed by atoms with Crippen molar-refractivity contribution >= 4 is 17.3 Å². The lowest BCUT2D eigenvalue weighted by Gasteiger charge is -2.23. The van der Waals surface area contributed by atoms with Crippen molar-refractivity contribution in [3.8, 4) is 0 Å². The summed E-state index contributed by atoms with van der Waals surface area (Å²) in [6.07, 6.45) is 0.637. The number of non-ortho nitro benzene ring substituents is 1. The van der Waals surface area contributed by atoms with Crippen molar-refractivity contribution < 1.29 is 14.8 Å². The van der Waals surface area contributed by atoms with Crippen molar-refractivity contribution in [2.45, 2.75) is 32.3 Å². The molecule has 0 aliphatic carbocycles. The molecule has 1 N–H and O–H groups in total. The predicted molar refractivity (Wildman–Crippen MR) is 70.1 cm³/mol. The molecule has 0 bridgehead atoms. The van der Waals surface area contributed by atoms with E-state index < -0.39 is 10.5 Å². The summed E-state index contributed by atoms with van der Waals surface area (Å²) >= 11 is 0. The number of nitro groups is 1. The van der Waals surface area contributed by atoms with Gasteiger partial charge in [0, 0.05) is 24.4 Å². The van der Waals surface area contributed by atoms with Gasteiger partial charge in [-0.15, -0.1) is 0 Å². The number of hydrogen-bond donors (Lipinski definition) is 1. The van der Waals surface area contributed by atoms with Crippen LogP contribution >= 0.6 is 0 Å². The highest BCUT2D eigenvalue weighted by molar-refractivity contribution is 6.01. The van der Waals surface area contributed by atoms with Crippen molar-refractivity contribution in [1.29, 1.82) is 0 Å². The highest BCUT2D eigenvalue weighted by atomic mass is 16.6. The van der Waals surface area contributed by atoms with E-state index in [0.29, 0.717) is 24.2 Å². The van der Waals surface area contributed by atoms with Crippen LogP contribution in [-0.4, -0.2) is 28.1 Å². The molecule has 0 saturated carbocycles. The molecular formula is C13H16N2O4. The Kier molecular flexibility index (Phi) is 3.28. The molecule has 1 heterocycles. The summed E-state index contributed by atoms with van der Waals surface area (Å²) in [5.41, 5.74) is 0.537. The normalized spacial score (nSPS) is 14.7. The Hall–Kier alpha value is -1.95. The number of aliphatic hydroxyl groups is 1. The predicted octanol–water partition coefficient (Wildman–Crippen LogP) is 1.64. The second-order valence-corrected chi connectivity index (χ2v) is 5.35. The zero-order valence-corrected chi connectivity index (χ0v) is 10.9. The molecule has 1 amide bonds. The number of hydrogen-bond acceptors (Lipinski definition) is 4. The van der Waals surface area contributed by atoms with E-state index in [0.717, 1.165) is 0 Å². The molecule has 1 aliphatic heterocycles. The monoisotopic (exact) mass is 264 g/mol. The highest BCUT2D eigenvalue weighted by Crippen LogP contribution is 2.32. The van der Waals surface area contributed by atoms with Crippen molar-refractivity contribution in [3.63, 3.8) is 0 Å². The first kappa shape index (κ1) is 13.5. The number of carbonyl (C=O) groups is 1. The van der Waals surface area contributed by atoms with Gasteiger partial charge in [-0.25, -0.2) is 0 Å². The molecule has 1 aromatic rings. The number of rotatable bonds is 4. The van der Waals surface area contributed by atoms with E-state index in [1.54, 1.807) is 24.8 Å². The zero-order chi connectivity index (χ0) is 14.2. The van der Waals surface area contributed by atoms with E-state index in [-0.39, 0.29) is 18.0 Å². The van der Waals surface area contributed by atoms with Crippen LogP contribution in [0.1, 0.15) is 25.8 Å². The zero-order valence-electron chi connectivity index (χ0n) is 10.9. The van der Waals surface area contributed by atoms with Gasteiger partial charge >= 0.3 is 0 Å². The maximum atomic E-state index is 11.9. The summed E-state index contributed by atoms with van der Waals surface area (Å²) in [4.78, 5) is 23.7. The van der Waals surface area contributed by atoms with E-state index in [1.165, 1.54) is 12.1 Å². The van der Waals surface area contributed by atoms with Gasteiger partial charge in [0.15, 0.2) is 0 Å². The van der Waals surface area contributed by atoms with Crippen molar-refractivity contribution in [1.82, 2.24) is 0 Å². The van der Waals surface area contributed by atoms with Gasteiger partial charge in [0.2, 0.25) is 5.91 Å². The molecule has 2 rings (SSSR count). The summed E-state index contributed by atoms with van der Waals surface area (Å²) in [7, 11) is 0. The third-order valence-corrected chi connectivity index (χ3v) is 3.15. The first-order valence-corrected chi connectivity index (χ1v) is 6.08. The molecule has 0 radical (unpaired) electrons. The van der Waals surface area contributed by atoms with Crippen LogP contribution in [0.4, 0.5) is 11.4 Å². The topological polar surface area (TPSA) is 83.7 Å². The van der Waals surface area contributed by atoms with Crippen LogP contribution in [0.2, 0.25) is 0 Å². The van der Waals surface area contributed by atoms with Crippen LogP contribution in [0.15, 0.2) is 18.2 Å². The van der Waals surface area contributed by atoms with Gasteiger partial charge in [-0.3, -0.25) is 14.9 Å². The Balaban J connectivity index is 2.22. The number of nitrogens with zero attached hydrogens (tertiary/aromatic N) is 2.